The van der Waals surface area contributed by atoms with Crippen LogP contribution in [0.4, 0.5) is 0 Å². The fourth-order valence-corrected chi connectivity index (χ4v) is 3.11. The maximum absolute atomic E-state index is 12.5. The van der Waals surface area contributed by atoms with Crippen molar-refractivity contribution in [2.45, 2.75) is 39.7 Å². The van der Waals surface area contributed by atoms with Crippen LogP contribution in [-0.4, -0.2) is 61.5 Å². The molecule has 2 fully saturated rings. The van der Waals surface area contributed by atoms with Gasteiger partial charge in [0.15, 0.2) is 0 Å². The van der Waals surface area contributed by atoms with Crippen molar-refractivity contribution in [1.29, 1.82) is 0 Å². The van der Waals surface area contributed by atoms with Crippen LogP contribution in [0, 0.1) is 17.8 Å². The molecule has 0 aliphatic carbocycles. The highest BCUT2D eigenvalue weighted by atomic mass is 16.2. The SMILES string of the molecule is CC(C(=O)N1CCC(CN(C)C(C)C)CC1)C1CNC1. The predicted molar refractivity (Wildman–Crippen MR) is 82.6 cm³/mol. The number of piperidine rings is 1. The second-order valence-corrected chi connectivity index (χ2v) is 7.01. The molecule has 0 aromatic carbocycles. The largest absolute Gasteiger partial charge is 0.342 e. The van der Waals surface area contributed by atoms with Gasteiger partial charge >= 0.3 is 0 Å². The van der Waals surface area contributed by atoms with Crippen LogP contribution in [0.3, 0.4) is 0 Å². The minimum atomic E-state index is 0.200. The molecule has 2 rings (SSSR count). The molecule has 0 saturated carbocycles. The van der Waals surface area contributed by atoms with E-state index in [1.165, 1.54) is 19.4 Å². The molecule has 116 valence electrons. The van der Waals surface area contributed by atoms with Crippen LogP contribution < -0.4 is 5.32 Å². The molecule has 20 heavy (non-hydrogen) atoms. The molecule has 1 atom stereocenters. The first kappa shape index (κ1) is 15.8. The lowest BCUT2D eigenvalue weighted by Crippen LogP contribution is -2.51. The predicted octanol–water partition coefficient (Wildman–Crippen LogP) is 1.42. The van der Waals surface area contributed by atoms with E-state index in [0.29, 0.717) is 17.9 Å². The minimum absolute atomic E-state index is 0.200. The zero-order valence-electron chi connectivity index (χ0n) is 13.6. The van der Waals surface area contributed by atoms with Gasteiger partial charge in [0.1, 0.15) is 0 Å². The number of hydrogen-bond donors (Lipinski definition) is 1. The van der Waals surface area contributed by atoms with Crippen molar-refractivity contribution in [3.63, 3.8) is 0 Å². The van der Waals surface area contributed by atoms with E-state index in [9.17, 15) is 4.79 Å². The Labute approximate surface area is 123 Å². The summed E-state index contributed by atoms with van der Waals surface area (Å²) < 4.78 is 0. The van der Waals surface area contributed by atoms with Crippen LogP contribution >= 0.6 is 0 Å². The van der Waals surface area contributed by atoms with Gasteiger partial charge in [-0.15, -0.1) is 0 Å². The molecule has 2 aliphatic rings. The molecule has 4 nitrogen and oxygen atoms in total. The van der Waals surface area contributed by atoms with E-state index >= 15 is 0 Å². The number of nitrogens with zero attached hydrogens (tertiary/aromatic N) is 2. The number of carbonyl (C=O) groups is 1. The summed E-state index contributed by atoms with van der Waals surface area (Å²) in [4.78, 5) is 17.0. The summed E-state index contributed by atoms with van der Waals surface area (Å²) in [5.74, 6) is 1.90. The van der Waals surface area contributed by atoms with Crippen LogP contribution in [0.25, 0.3) is 0 Å². The average Bonchev–Trinajstić information content (AvgIpc) is 2.36. The molecule has 4 heteroatoms. The fraction of sp³-hybridized carbons (Fsp3) is 0.938. The summed E-state index contributed by atoms with van der Waals surface area (Å²) in [5, 5.41) is 3.26. The maximum atomic E-state index is 12.5. The molecule has 1 N–H and O–H groups in total. The van der Waals surface area contributed by atoms with E-state index in [2.05, 4.69) is 42.9 Å². The number of nitrogens with one attached hydrogen (secondary N) is 1. The summed E-state index contributed by atoms with van der Waals surface area (Å²) in [6, 6.07) is 0.612. The quantitative estimate of drug-likeness (QED) is 0.828. The smallest absolute Gasteiger partial charge is 0.225 e. The minimum Gasteiger partial charge on any atom is -0.342 e. The van der Waals surface area contributed by atoms with Crippen LogP contribution in [0.1, 0.15) is 33.6 Å². The summed E-state index contributed by atoms with van der Waals surface area (Å²) >= 11 is 0. The third-order valence-corrected chi connectivity index (χ3v) is 5.26. The molecule has 2 saturated heterocycles. The molecule has 2 heterocycles. The Morgan fingerprint density at radius 1 is 1.25 bits per heavy atom. The second kappa shape index (κ2) is 6.90. The standard InChI is InChI=1S/C16H31N3O/c1-12(2)18(4)11-14-5-7-19(8-6-14)16(20)13(3)15-9-17-10-15/h12-15,17H,5-11H2,1-4H3. The van der Waals surface area contributed by atoms with Gasteiger partial charge in [0.25, 0.3) is 0 Å². The first-order valence-electron chi connectivity index (χ1n) is 8.18. The van der Waals surface area contributed by atoms with Crippen molar-refractivity contribution in [2.24, 2.45) is 17.8 Å². The topological polar surface area (TPSA) is 35.6 Å². The first-order valence-corrected chi connectivity index (χ1v) is 8.18. The lowest BCUT2D eigenvalue weighted by Gasteiger charge is -2.39. The molecule has 0 aromatic rings. The van der Waals surface area contributed by atoms with Crippen LogP contribution in [0.2, 0.25) is 0 Å². The Bertz CT molecular complexity index is 320. The summed E-state index contributed by atoms with van der Waals surface area (Å²) in [5.41, 5.74) is 0. The number of hydrogen-bond acceptors (Lipinski definition) is 3. The summed E-state index contributed by atoms with van der Waals surface area (Å²) in [6.07, 6.45) is 2.33. The van der Waals surface area contributed by atoms with Gasteiger partial charge in [-0.25, -0.2) is 0 Å². The lowest BCUT2D eigenvalue weighted by molar-refractivity contribution is -0.138. The second-order valence-electron chi connectivity index (χ2n) is 7.01. The Kier molecular flexibility index (Phi) is 5.44. The molecule has 0 bridgehead atoms. The van der Waals surface area contributed by atoms with Gasteiger partial charge in [-0.2, -0.15) is 0 Å². The Balaban J connectivity index is 1.74. The van der Waals surface area contributed by atoms with Crippen molar-refractivity contribution in [3.05, 3.63) is 0 Å². The van der Waals surface area contributed by atoms with E-state index in [4.69, 9.17) is 0 Å². The molecule has 0 spiro atoms. The fourth-order valence-electron chi connectivity index (χ4n) is 3.11. The number of amides is 1. The van der Waals surface area contributed by atoms with Crippen molar-refractivity contribution < 1.29 is 4.79 Å². The van der Waals surface area contributed by atoms with Crippen LogP contribution in [0.5, 0.6) is 0 Å². The van der Waals surface area contributed by atoms with Gasteiger partial charge in [0.2, 0.25) is 5.91 Å². The maximum Gasteiger partial charge on any atom is 0.225 e. The highest BCUT2D eigenvalue weighted by molar-refractivity contribution is 5.79. The molecule has 0 aromatic heterocycles. The third kappa shape index (κ3) is 3.73. The Morgan fingerprint density at radius 3 is 2.30 bits per heavy atom. The van der Waals surface area contributed by atoms with Gasteiger partial charge in [0, 0.05) is 31.6 Å². The van der Waals surface area contributed by atoms with E-state index in [-0.39, 0.29) is 5.92 Å². The average molecular weight is 281 g/mol. The highest BCUT2D eigenvalue weighted by Crippen LogP contribution is 2.23. The van der Waals surface area contributed by atoms with Crippen molar-refractivity contribution in [3.8, 4) is 0 Å². The zero-order valence-corrected chi connectivity index (χ0v) is 13.6. The van der Waals surface area contributed by atoms with E-state index in [1.807, 2.05) is 0 Å². The molecule has 0 radical (unpaired) electrons. The zero-order chi connectivity index (χ0) is 14.7. The van der Waals surface area contributed by atoms with E-state index in [1.54, 1.807) is 0 Å². The van der Waals surface area contributed by atoms with Crippen molar-refractivity contribution in [2.75, 3.05) is 39.8 Å². The number of likely N-dealkylation sites (tertiary alicyclic amines) is 1. The van der Waals surface area contributed by atoms with Crippen LogP contribution in [0.15, 0.2) is 0 Å². The summed E-state index contributed by atoms with van der Waals surface area (Å²) in [6.45, 7) is 11.7. The van der Waals surface area contributed by atoms with Crippen molar-refractivity contribution in [1.82, 2.24) is 15.1 Å². The van der Waals surface area contributed by atoms with Crippen LogP contribution in [-0.2, 0) is 4.79 Å². The van der Waals surface area contributed by atoms with E-state index in [0.717, 1.165) is 32.1 Å². The third-order valence-electron chi connectivity index (χ3n) is 5.26. The van der Waals surface area contributed by atoms with E-state index < -0.39 is 0 Å². The molecular formula is C16H31N3O. The first-order chi connectivity index (χ1) is 9.49. The van der Waals surface area contributed by atoms with Gasteiger partial charge in [-0.3, -0.25) is 4.79 Å². The highest BCUT2D eigenvalue weighted by Gasteiger charge is 2.33. The lowest BCUT2D eigenvalue weighted by atomic mass is 9.87. The summed E-state index contributed by atoms with van der Waals surface area (Å²) in [7, 11) is 2.20. The van der Waals surface area contributed by atoms with Gasteiger partial charge < -0.3 is 15.1 Å². The molecular weight excluding hydrogens is 250 g/mol. The van der Waals surface area contributed by atoms with Gasteiger partial charge in [-0.05, 0) is 58.7 Å². The monoisotopic (exact) mass is 281 g/mol. The Morgan fingerprint density at radius 2 is 1.85 bits per heavy atom. The van der Waals surface area contributed by atoms with Gasteiger partial charge in [0.05, 0.1) is 0 Å². The Hall–Kier alpha value is -0.610. The molecule has 2 aliphatic heterocycles. The molecule has 1 amide bonds. The molecule has 1 unspecified atom stereocenters. The number of carbonyl (C=O) groups excluding carboxylic acids is 1. The number of rotatable bonds is 5. The van der Waals surface area contributed by atoms with Gasteiger partial charge in [-0.1, -0.05) is 6.92 Å². The van der Waals surface area contributed by atoms with Crippen molar-refractivity contribution >= 4 is 5.91 Å². The normalized spacial score (nSPS) is 23.2.